The molecule has 0 radical (unpaired) electrons. The molecular weight excluding hydrogens is 361 g/mol. The monoisotopic (exact) mass is 377 g/mol. The number of carbonyl (C=O) groups excluding carboxylic acids is 2. The van der Waals surface area contributed by atoms with Crippen molar-refractivity contribution in [2.24, 2.45) is 0 Å². The third kappa shape index (κ3) is 6.42. The zero-order valence-corrected chi connectivity index (χ0v) is 12.8. The maximum atomic E-state index is 11.6. The number of hydrogen-bond acceptors (Lipinski definition) is 4. The molecule has 0 heterocycles. The lowest BCUT2D eigenvalue weighted by atomic mass is 10.2. The maximum Gasteiger partial charge on any atom is 0.407 e. The van der Waals surface area contributed by atoms with Gasteiger partial charge in [0, 0.05) is 4.43 Å². The number of nitrogens with one attached hydrogen (secondary N) is 1. The van der Waals surface area contributed by atoms with Gasteiger partial charge in [0.15, 0.2) is 0 Å². The minimum Gasteiger partial charge on any atom is -0.469 e. The van der Waals surface area contributed by atoms with Crippen LogP contribution in [0.5, 0.6) is 0 Å². The summed E-state index contributed by atoms with van der Waals surface area (Å²) in [5.74, 6) is -0.356. The van der Waals surface area contributed by atoms with Crippen LogP contribution in [0.25, 0.3) is 0 Å². The lowest BCUT2D eigenvalue weighted by Crippen LogP contribution is -2.38. The number of amides is 1. The highest BCUT2D eigenvalue weighted by atomic mass is 127. The molecule has 0 saturated carbocycles. The van der Waals surface area contributed by atoms with Crippen LogP contribution in [0.4, 0.5) is 4.79 Å². The summed E-state index contributed by atoms with van der Waals surface area (Å²) in [5.41, 5.74) is 0.914. The Morgan fingerprint density at radius 1 is 1.32 bits per heavy atom. The van der Waals surface area contributed by atoms with E-state index < -0.39 is 6.09 Å². The molecule has 5 nitrogen and oxygen atoms in total. The van der Waals surface area contributed by atoms with Crippen molar-refractivity contribution in [3.63, 3.8) is 0 Å². The van der Waals surface area contributed by atoms with E-state index in [2.05, 4.69) is 32.6 Å². The summed E-state index contributed by atoms with van der Waals surface area (Å²) < 4.78 is 10.2. The Morgan fingerprint density at radius 2 is 2.00 bits per heavy atom. The van der Waals surface area contributed by atoms with Gasteiger partial charge in [0.1, 0.15) is 6.61 Å². The van der Waals surface area contributed by atoms with E-state index in [4.69, 9.17) is 4.74 Å². The summed E-state index contributed by atoms with van der Waals surface area (Å²) >= 11 is 2.09. The Kier molecular flexibility index (Phi) is 7.24. The second-order valence-electron chi connectivity index (χ2n) is 3.84. The predicted molar refractivity (Wildman–Crippen MR) is 79.1 cm³/mol. The average Bonchev–Trinajstić information content (AvgIpc) is 2.45. The lowest BCUT2D eigenvalue weighted by Gasteiger charge is -2.14. The topological polar surface area (TPSA) is 64.6 Å². The summed E-state index contributed by atoms with van der Waals surface area (Å²) in [6, 6.07) is 9.11. The van der Waals surface area contributed by atoms with Crippen LogP contribution < -0.4 is 5.32 Å². The molecule has 1 N–H and O–H groups in total. The van der Waals surface area contributed by atoms with E-state index in [0.29, 0.717) is 4.43 Å². The molecule has 0 aliphatic heterocycles. The van der Waals surface area contributed by atoms with E-state index >= 15 is 0 Å². The number of alkyl halides is 1. The van der Waals surface area contributed by atoms with Gasteiger partial charge in [0.2, 0.25) is 0 Å². The van der Waals surface area contributed by atoms with Gasteiger partial charge >= 0.3 is 12.1 Å². The number of benzene rings is 1. The quantitative estimate of drug-likeness (QED) is 0.470. The number of hydrogen-bond donors (Lipinski definition) is 1. The zero-order chi connectivity index (χ0) is 14.1. The molecule has 0 aromatic heterocycles. The van der Waals surface area contributed by atoms with E-state index in [1.54, 1.807) is 0 Å². The van der Waals surface area contributed by atoms with Gasteiger partial charge in [0.05, 0.1) is 19.6 Å². The van der Waals surface area contributed by atoms with Gasteiger partial charge in [-0.15, -0.1) is 0 Å². The van der Waals surface area contributed by atoms with E-state index in [9.17, 15) is 9.59 Å². The lowest BCUT2D eigenvalue weighted by molar-refractivity contribution is -0.140. The molecule has 0 unspecified atom stereocenters. The van der Waals surface area contributed by atoms with E-state index in [1.165, 1.54) is 7.11 Å². The Labute approximate surface area is 125 Å². The molecular formula is C13H16INO4. The number of ether oxygens (including phenoxy) is 2. The third-order valence-electron chi connectivity index (χ3n) is 2.36. The van der Waals surface area contributed by atoms with Crippen LogP contribution in [0.15, 0.2) is 30.3 Å². The first-order valence-electron chi connectivity index (χ1n) is 5.75. The summed E-state index contributed by atoms with van der Waals surface area (Å²) in [6.45, 7) is 0.207. The summed E-state index contributed by atoms with van der Waals surface area (Å²) in [7, 11) is 1.32. The first kappa shape index (κ1) is 15.7. The Bertz CT molecular complexity index is 410. The number of methoxy groups -OCH3 is 1. The molecule has 0 aliphatic carbocycles. The smallest absolute Gasteiger partial charge is 0.407 e. The minimum absolute atomic E-state index is 0.139. The van der Waals surface area contributed by atoms with Crippen LogP contribution in [-0.4, -0.2) is 29.6 Å². The molecule has 19 heavy (non-hydrogen) atoms. The fourth-order valence-electron chi connectivity index (χ4n) is 1.36. The van der Waals surface area contributed by atoms with Gasteiger partial charge in [-0.05, 0) is 5.56 Å². The molecule has 1 rings (SSSR count). The first-order chi connectivity index (χ1) is 9.15. The summed E-state index contributed by atoms with van der Waals surface area (Å²) in [4.78, 5) is 22.7. The van der Waals surface area contributed by atoms with Gasteiger partial charge < -0.3 is 14.8 Å². The van der Waals surface area contributed by atoms with E-state index in [0.717, 1.165) is 5.56 Å². The molecule has 1 atom stereocenters. The summed E-state index contributed by atoms with van der Waals surface area (Å²) in [5, 5.41) is 2.63. The van der Waals surface area contributed by atoms with Gasteiger partial charge in [-0.1, -0.05) is 52.9 Å². The second-order valence-corrected chi connectivity index (χ2v) is 4.72. The van der Waals surface area contributed by atoms with E-state index in [-0.39, 0.29) is 25.0 Å². The van der Waals surface area contributed by atoms with Crippen molar-refractivity contribution in [1.29, 1.82) is 0 Å². The van der Waals surface area contributed by atoms with Crippen molar-refractivity contribution in [2.75, 3.05) is 11.5 Å². The Balaban J connectivity index is 2.35. The molecule has 0 spiro atoms. The fraction of sp³-hybridized carbons (Fsp3) is 0.385. The van der Waals surface area contributed by atoms with Crippen molar-refractivity contribution in [3.05, 3.63) is 35.9 Å². The normalized spacial score (nSPS) is 11.5. The van der Waals surface area contributed by atoms with Crippen LogP contribution in [0.3, 0.4) is 0 Å². The van der Waals surface area contributed by atoms with Crippen molar-refractivity contribution in [3.8, 4) is 0 Å². The SMILES string of the molecule is COC(=O)C[C@H](CI)NC(=O)OCc1ccccc1. The number of rotatable bonds is 6. The van der Waals surface area contributed by atoms with E-state index in [1.807, 2.05) is 30.3 Å². The van der Waals surface area contributed by atoms with Crippen LogP contribution in [0.2, 0.25) is 0 Å². The highest BCUT2D eigenvalue weighted by molar-refractivity contribution is 14.1. The minimum atomic E-state index is -0.533. The number of halogens is 1. The van der Waals surface area contributed by atoms with Crippen LogP contribution >= 0.6 is 22.6 Å². The van der Waals surface area contributed by atoms with Crippen molar-refractivity contribution in [2.45, 2.75) is 19.1 Å². The molecule has 0 bridgehead atoms. The predicted octanol–water partition coefficient (Wildman–Crippen LogP) is 2.28. The Hall–Kier alpha value is -1.31. The highest BCUT2D eigenvalue weighted by Gasteiger charge is 2.16. The molecule has 1 aromatic rings. The number of esters is 1. The molecule has 1 amide bonds. The molecule has 104 valence electrons. The van der Waals surface area contributed by atoms with Gasteiger partial charge in [-0.2, -0.15) is 0 Å². The Morgan fingerprint density at radius 3 is 2.58 bits per heavy atom. The number of carbonyl (C=O) groups is 2. The van der Waals surface area contributed by atoms with Crippen molar-refractivity contribution in [1.82, 2.24) is 5.32 Å². The van der Waals surface area contributed by atoms with Crippen molar-refractivity contribution < 1.29 is 19.1 Å². The molecule has 6 heteroatoms. The largest absolute Gasteiger partial charge is 0.469 e. The fourth-order valence-corrected chi connectivity index (χ4v) is 1.89. The van der Waals surface area contributed by atoms with Gasteiger partial charge in [-0.3, -0.25) is 4.79 Å². The van der Waals surface area contributed by atoms with Crippen LogP contribution in [0, 0.1) is 0 Å². The van der Waals surface area contributed by atoms with Crippen molar-refractivity contribution >= 4 is 34.7 Å². The van der Waals surface area contributed by atoms with Crippen LogP contribution in [0.1, 0.15) is 12.0 Å². The summed E-state index contributed by atoms with van der Waals surface area (Å²) in [6.07, 6.45) is -0.394. The molecule has 0 aliphatic rings. The third-order valence-corrected chi connectivity index (χ3v) is 3.42. The standard InChI is InChI=1S/C13H16INO4/c1-18-12(16)7-11(8-14)15-13(17)19-9-10-5-3-2-4-6-10/h2-6,11H,7-9H2,1H3,(H,15,17)/t11-/m1/s1. The molecule has 1 aromatic carbocycles. The zero-order valence-electron chi connectivity index (χ0n) is 10.6. The average molecular weight is 377 g/mol. The first-order valence-corrected chi connectivity index (χ1v) is 7.28. The van der Waals surface area contributed by atoms with Crippen LogP contribution in [-0.2, 0) is 20.9 Å². The highest BCUT2D eigenvalue weighted by Crippen LogP contribution is 2.03. The number of alkyl carbamates (subject to hydrolysis) is 1. The molecule has 0 fully saturated rings. The second kappa shape index (κ2) is 8.73. The van der Waals surface area contributed by atoms with Gasteiger partial charge in [0.25, 0.3) is 0 Å². The van der Waals surface area contributed by atoms with Gasteiger partial charge in [-0.25, -0.2) is 4.79 Å². The molecule has 0 saturated heterocycles. The maximum absolute atomic E-state index is 11.6.